The molecule has 3 N–H and O–H groups in total. The molecule has 1 amide bonds. The first kappa shape index (κ1) is 22.7. The Labute approximate surface area is 195 Å². The molecule has 1 fully saturated rings. The van der Waals surface area contributed by atoms with Crippen molar-refractivity contribution in [2.45, 2.75) is 39.3 Å². The second kappa shape index (κ2) is 10.4. The van der Waals surface area contributed by atoms with E-state index in [2.05, 4.69) is 35.3 Å². The van der Waals surface area contributed by atoms with Gasteiger partial charge in [-0.15, -0.1) is 0 Å². The minimum atomic E-state index is -0.436. The highest BCUT2D eigenvalue weighted by molar-refractivity contribution is 5.93. The standard InChI is InChI=1S/C26H31N5O2/c1-3-33-24-14-19(5-4-18(24)2)17-31(23-10-12-28-13-11-23)26-29-15-22(16-30-26)20-6-8-21(9-7-20)25(27)32/h4-9,14-16,23,28H,3,10-13,17H2,1-2H3,(H2,27,32). The zero-order valence-corrected chi connectivity index (χ0v) is 19.3. The molecule has 0 radical (unpaired) electrons. The number of carbonyl (C=O) groups excluding carboxylic acids is 1. The van der Waals surface area contributed by atoms with Crippen LogP contribution in [0.15, 0.2) is 54.9 Å². The summed E-state index contributed by atoms with van der Waals surface area (Å²) in [5.41, 5.74) is 9.98. The predicted octanol–water partition coefficient (Wildman–Crippen LogP) is 3.71. The first-order valence-corrected chi connectivity index (χ1v) is 11.5. The van der Waals surface area contributed by atoms with Gasteiger partial charge in [0.2, 0.25) is 11.9 Å². The van der Waals surface area contributed by atoms with Gasteiger partial charge in [0.15, 0.2) is 0 Å². The summed E-state index contributed by atoms with van der Waals surface area (Å²) in [5.74, 6) is 1.21. The van der Waals surface area contributed by atoms with Crippen molar-refractivity contribution in [2.24, 2.45) is 5.73 Å². The third kappa shape index (κ3) is 5.49. The van der Waals surface area contributed by atoms with E-state index in [0.717, 1.165) is 60.9 Å². The maximum Gasteiger partial charge on any atom is 0.248 e. The van der Waals surface area contributed by atoms with Crippen molar-refractivity contribution in [1.29, 1.82) is 0 Å². The van der Waals surface area contributed by atoms with Gasteiger partial charge in [-0.25, -0.2) is 9.97 Å². The molecule has 7 heteroatoms. The summed E-state index contributed by atoms with van der Waals surface area (Å²) in [4.78, 5) is 23.1. The van der Waals surface area contributed by atoms with Crippen LogP contribution in [0.4, 0.5) is 5.95 Å². The molecule has 172 valence electrons. The number of primary amides is 1. The Morgan fingerprint density at radius 1 is 1.09 bits per heavy atom. The van der Waals surface area contributed by atoms with Gasteiger partial charge in [-0.1, -0.05) is 24.3 Å². The van der Waals surface area contributed by atoms with E-state index < -0.39 is 5.91 Å². The van der Waals surface area contributed by atoms with Crippen LogP contribution in [0, 0.1) is 6.92 Å². The zero-order chi connectivity index (χ0) is 23.2. The van der Waals surface area contributed by atoms with Crippen molar-refractivity contribution in [3.63, 3.8) is 0 Å². The number of piperidine rings is 1. The van der Waals surface area contributed by atoms with E-state index in [1.807, 2.05) is 31.5 Å². The highest BCUT2D eigenvalue weighted by atomic mass is 16.5. The number of carbonyl (C=O) groups is 1. The number of amides is 1. The van der Waals surface area contributed by atoms with E-state index in [4.69, 9.17) is 20.4 Å². The third-order valence-electron chi connectivity index (χ3n) is 6.05. The molecule has 1 aliphatic rings. The molecule has 1 aromatic heterocycles. The summed E-state index contributed by atoms with van der Waals surface area (Å²) in [6.45, 7) is 7.42. The topological polar surface area (TPSA) is 93.4 Å². The number of hydrogen-bond donors (Lipinski definition) is 2. The molecule has 7 nitrogen and oxygen atoms in total. The van der Waals surface area contributed by atoms with Gasteiger partial charge in [0.25, 0.3) is 0 Å². The minimum Gasteiger partial charge on any atom is -0.494 e. The monoisotopic (exact) mass is 445 g/mol. The quantitative estimate of drug-likeness (QED) is 0.549. The highest BCUT2D eigenvalue weighted by Crippen LogP contribution is 2.26. The normalized spacial score (nSPS) is 14.1. The molecule has 2 heterocycles. The van der Waals surface area contributed by atoms with Crippen LogP contribution in [0.2, 0.25) is 0 Å². The lowest BCUT2D eigenvalue weighted by atomic mass is 10.0. The second-order valence-electron chi connectivity index (χ2n) is 8.36. The lowest BCUT2D eigenvalue weighted by Crippen LogP contribution is -2.43. The van der Waals surface area contributed by atoms with E-state index in [1.165, 1.54) is 5.56 Å². The molecule has 0 atom stereocenters. The zero-order valence-electron chi connectivity index (χ0n) is 19.3. The van der Waals surface area contributed by atoms with E-state index in [-0.39, 0.29) is 0 Å². The molecule has 0 saturated carbocycles. The van der Waals surface area contributed by atoms with Crippen LogP contribution in [0.3, 0.4) is 0 Å². The highest BCUT2D eigenvalue weighted by Gasteiger charge is 2.24. The van der Waals surface area contributed by atoms with Gasteiger partial charge < -0.3 is 20.7 Å². The predicted molar refractivity (Wildman–Crippen MR) is 130 cm³/mol. The van der Waals surface area contributed by atoms with Gasteiger partial charge in [0.05, 0.1) is 6.61 Å². The minimum absolute atomic E-state index is 0.365. The smallest absolute Gasteiger partial charge is 0.248 e. The van der Waals surface area contributed by atoms with Crippen LogP contribution in [-0.4, -0.2) is 41.6 Å². The van der Waals surface area contributed by atoms with Crippen LogP contribution in [0.5, 0.6) is 5.75 Å². The van der Waals surface area contributed by atoms with Crippen molar-refractivity contribution >= 4 is 11.9 Å². The molecule has 0 unspecified atom stereocenters. The van der Waals surface area contributed by atoms with Crippen molar-refractivity contribution in [1.82, 2.24) is 15.3 Å². The van der Waals surface area contributed by atoms with Gasteiger partial charge in [0.1, 0.15) is 5.75 Å². The number of aryl methyl sites for hydroxylation is 1. The summed E-state index contributed by atoms with van der Waals surface area (Å²) in [6.07, 6.45) is 5.78. The van der Waals surface area contributed by atoms with Crippen LogP contribution in [0.25, 0.3) is 11.1 Å². The fraction of sp³-hybridized carbons (Fsp3) is 0.346. The van der Waals surface area contributed by atoms with Crippen molar-refractivity contribution in [2.75, 3.05) is 24.6 Å². The Morgan fingerprint density at radius 3 is 2.42 bits per heavy atom. The van der Waals surface area contributed by atoms with Gasteiger partial charge in [0, 0.05) is 36.1 Å². The van der Waals surface area contributed by atoms with Gasteiger partial charge in [-0.2, -0.15) is 0 Å². The molecule has 3 aromatic rings. The Morgan fingerprint density at radius 2 is 1.79 bits per heavy atom. The van der Waals surface area contributed by atoms with Gasteiger partial charge in [-0.05, 0) is 74.7 Å². The fourth-order valence-corrected chi connectivity index (χ4v) is 4.18. The number of nitrogens with two attached hydrogens (primary N) is 1. The Kier molecular flexibility index (Phi) is 7.19. The average molecular weight is 446 g/mol. The molecule has 1 aliphatic heterocycles. The number of nitrogens with one attached hydrogen (secondary N) is 1. The molecule has 1 saturated heterocycles. The Balaban J connectivity index is 1.59. The number of rotatable bonds is 8. The van der Waals surface area contributed by atoms with E-state index in [0.29, 0.717) is 18.2 Å². The lowest BCUT2D eigenvalue weighted by molar-refractivity contribution is 0.100. The Hall–Kier alpha value is -3.45. The van der Waals surface area contributed by atoms with E-state index >= 15 is 0 Å². The summed E-state index contributed by atoms with van der Waals surface area (Å²) in [7, 11) is 0. The number of hydrogen-bond acceptors (Lipinski definition) is 6. The number of ether oxygens (including phenoxy) is 1. The first-order valence-electron chi connectivity index (χ1n) is 11.5. The van der Waals surface area contributed by atoms with Crippen LogP contribution >= 0.6 is 0 Å². The third-order valence-corrected chi connectivity index (χ3v) is 6.05. The molecular weight excluding hydrogens is 414 g/mol. The van der Waals surface area contributed by atoms with Crippen molar-refractivity contribution in [3.05, 3.63) is 71.5 Å². The fourth-order valence-electron chi connectivity index (χ4n) is 4.18. The van der Waals surface area contributed by atoms with E-state index in [9.17, 15) is 4.79 Å². The number of aromatic nitrogens is 2. The molecule has 0 spiro atoms. The summed E-state index contributed by atoms with van der Waals surface area (Å²) in [5, 5.41) is 3.44. The number of benzene rings is 2. The molecule has 33 heavy (non-hydrogen) atoms. The van der Waals surface area contributed by atoms with Crippen molar-refractivity contribution < 1.29 is 9.53 Å². The van der Waals surface area contributed by atoms with Gasteiger partial charge >= 0.3 is 0 Å². The molecule has 0 aliphatic carbocycles. The number of nitrogens with zero attached hydrogens (tertiary/aromatic N) is 3. The molecular formula is C26H31N5O2. The number of anilines is 1. The molecule has 2 aromatic carbocycles. The summed E-state index contributed by atoms with van der Waals surface area (Å²) >= 11 is 0. The van der Waals surface area contributed by atoms with Crippen molar-refractivity contribution in [3.8, 4) is 16.9 Å². The van der Waals surface area contributed by atoms with Crippen LogP contribution in [-0.2, 0) is 6.54 Å². The van der Waals surface area contributed by atoms with Crippen LogP contribution < -0.4 is 20.7 Å². The maximum absolute atomic E-state index is 11.3. The average Bonchev–Trinajstić information content (AvgIpc) is 2.85. The maximum atomic E-state index is 11.3. The summed E-state index contributed by atoms with van der Waals surface area (Å²) < 4.78 is 5.81. The van der Waals surface area contributed by atoms with Crippen LogP contribution in [0.1, 0.15) is 41.3 Å². The lowest BCUT2D eigenvalue weighted by Gasteiger charge is -2.35. The molecule has 4 rings (SSSR count). The SMILES string of the molecule is CCOc1cc(CN(c2ncc(-c3ccc(C(N)=O)cc3)cn2)C2CCNCC2)ccc1C. The first-order chi connectivity index (χ1) is 16.0. The largest absolute Gasteiger partial charge is 0.494 e. The molecule has 0 bridgehead atoms. The van der Waals surface area contributed by atoms with E-state index in [1.54, 1.807) is 12.1 Å². The second-order valence-corrected chi connectivity index (χ2v) is 8.36. The Bertz CT molecular complexity index is 1080. The van der Waals surface area contributed by atoms with Gasteiger partial charge in [-0.3, -0.25) is 4.79 Å². The summed E-state index contributed by atoms with van der Waals surface area (Å²) in [6, 6.07) is 13.9.